The van der Waals surface area contributed by atoms with E-state index in [1.807, 2.05) is 12.1 Å². The van der Waals surface area contributed by atoms with Crippen LogP contribution in [-0.4, -0.2) is 11.7 Å². The fraction of sp³-hybridized carbons (Fsp3) is 0.368. The maximum absolute atomic E-state index is 9.59. The number of nitrogens with one attached hydrogen (secondary N) is 1. The van der Waals surface area contributed by atoms with Crippen molar-refractivity contribution in [1.29, 1.82) is 0 Å². The lowest BCUT2D eigenvalue weighted by Crippen LogP contribution is -2.26. The van der Waals surface area contributed by atoms with Crippen molar-refractivity contribution in [1.82, 2.24) is 5.32 Å². The molecule has 2 N–H and O–H groups in total. The fourth-order valence-corrected chi connectivity index (χ4v) is 3.23. The van der Waals surface area contributed by atoms with Gasteiger partial charge in [-0.15, -0.1) is 0 Å². The number of rotatable bonds is 5. The van der Waals surface area contributed by atoms with Gasteiger partial charge in [0.25, 0.3) is 0 Å². The number of aromatic hydroxyl groups is 1. The van der Waals surface area contributed by atoms with Gasteiger partial charge in [0.05, 0.1) is 0 Å². The maximum Gasteiger partial charge on any atom is 0.115 e. The summed E-state index contributed by atoms with van der Waals surface area (Å²) in [7, 11) is 0. The molecule has 0 heterocycles. The van der Waals surface area contributed by atoms with Crippen LogP contribution < -0.4 is 5.32 Å². The third-order valence-electron chi connectivity index (χ3n) is 4.32. The number of hydrogen-bond acceptors (Lipinski definition) is 2. The van der Waals surface area contributed by atoms with Crippen LogP contribution >= 0.6 is 0 Å². The molecule has 0 spiro atoms. The standard InChI is InChI=1S/C19H23NO/c21-17-11-12-18-16(14-17)9-4-10-19(18)20-13-5-8-15-6-2-1-3-7-15/h1-3,6-7,11-12,14,19-21H,4-5,8-10,13H2. The van der Waals surface area contributed by atoms with Crippen molar-refractivity contribution in [2.24, 2.45) is 0 Å². The van der Waals surface area contributed by atoms with E-state index in [0.717, 1.165) is 25.8 Å². The highest BCUT2D eigenvalue weighted by molar-refractivity contribution is 5.38. The Balaban J connectivity index is 1.53. The molecule has 0 amide bonds. The normalized spacial score (nSPS) is 17.4. The molecule has 1 unspecified atom stereocenters. The molecule has 21 heavy (non-hydrogen) atoms. The van der Waals surface area contributed by atoms with E-state index in [9.17, 15) is 5.11 Å². The van der Waals surface area contributed by atoms with Crippen LogP contribution in [0.2, 0.25) is 0 Å². The second kappa shape index (κ2) is 6.77. The summed E-state index contributed by atoms with van der Waals surface area (Å²) >= 11 is 0. The minimum Gasteiger partial charge on any atom is -0.508 e. The molecule has 0 fully saturated rings. The molecule has 3 rings (SSSR count). The zero-order chi connectivity index (χ0) is 14.5. The van der Waals surface area contributed by atoms with Crippen molar-refractivity contribution < 1.29 is 5.11 Å². The van der Waals surface area contributed by atoms with Crippen LogP contribution in [-0.2, 0) is 12.8 Å². The van der Waals surface area contributed by atoms with Crippen LogP contribution in [0.3, 0.4) is 0 Å². The minimum absolute atomic E-state index is 0.387. The summed E-state index contributed by atoms with van der Waals surface area (Å²) < 4.78 is 0. The average molecular weight is 281 g/mol. The smallest absolute Gasteiger partial charge is 0.115 e. The van der Waals surface area contributed by atoms with Crippen LogP contribution in [0.4, 0.5) is 0 Å². The lowest BCUT2D eigenvalue weighted by Gasteiger charge is -2.26. The monoisotopic (exact) mass is 281 g/mol. The summed E-state index contributed by atoms with van der Waals surface area (Å²) in [6.07, 6.45) is 5.78. The van der Waals surface area contributed by atoms with E-state index in [1.165, 1.54) is 29.5 Å². The molecule has 2 heteroatoms. The van der Waals surface area contributed by atoms with Gasteiger partial charge >= 0.3 is 0 Å². The molecule has 0 saturated heterocycles. The van der Waals surface area contributed by atoms with Gasteiger partial charge in [0.15, 0.2) is 0 Å². The largest absolute Gasteiger partial charge is 0.508 e. The number of hydrogen-bond donors (Lipinski definition) is 2. The summed E-state index contributed by atoms with van der Waals surface area (Å²) in [4.78, 5) is 0. The first-order chi connectivity index (χ1) is 10.3. The van der Waals surface area contributed by atoms with Gasteiger partial charge in [-0.1, -0.05) is 36.4 Å². The Hall–Kier alpha value is -1.80. The zero-order valence-corrected chi connectivity index (χ0v) is 12.4. The molecule has 0 aromatic heterocycles. The Labute approximate surface area is 126 Å². The lowest BCUT2D eigenvalue weighted by atomic mass is 9.87. The molecule has 1 aliphatic carbocycles. The van der Waals surface area contributed by atoms with Gasteiger partial charge in [0, 0.05) is 6.04 Å². The molecular formula is C19H23NO. The molecule has 110 valence electrons. The first-order valence-corrected chi connectivity index (χ1v) is 7.92. The van der Waals surface area contributed by atoms with E-state index in [4.69, 9.17) is 0 Å². The van der Waals surface area contributed by atoms with Crippen LogP contribution in [0.5, 0.6) is 5.75 Å². The molecule has 2 aromatic carbocycles. The summed E-state index contributed by atoms with van der Waals surface area (Å²) in [5.74, 6) is 0.387. The highest BCUT2D eigenvalue weighted by Crippen LogP contribution is 2.31. The van der Waals surface area contributed by atoms with Gasteiger partial charge in [-0.3, -0.25) is 0 Å². The average Bonchev–Trinajstić information content (AvgIpc) is 2.52. The van der Waals surface area contributed by atoms with E-state index in [0.29, 0.717) is 11.8 Å². The van der Waals surface area contributed by atoms with E-state index in [-0.39, 0.29) is 0 Å². The Morgan fingerprint density at radius 3 is 2.81 bits per heavy atom. The number of phenolic OH excluding ortho intramolecular Hbond substituents is 1. The number of phenols is 1. The molecule has 0 bridgehead atoms. The Kier molecular flexibility index (Phi) is 4.56. The quantitative estimate of drug-likeness (QED) is 0.812. The van der Waals surface area contributed by atoms with Gasteiger partial charge in [0.2, 0.25) is 0 Å². The van der Waals surface area contributed by atoms with E-state index < -0.39 is 0 Å². The fourth-order valence-electron chi connectivity index (χ4n) is 3.23. The zero-order valence-electron chi connectivity index (χ0n) is 12.4. The first kappa shape index (κ1) is 14.2. The molecule has 2 aromatic rings. The number of benzene rings is 2. The second-order valence-electron chi connectivity index (χ2n) is 5.87. The predicted molar refractivity (Wildman–Crippen MR) is 86.6 cm³/mol. The van der Waals surface area contributed by atoms with Crippen LogP contribution in [0.1, 0.15) is 42.0 Å². The Morgan fingerprint density at radius 1 is 1.10 bits per heavy atom. The molecule has 0 radical (unpaired) electrons. The van der Waals surface area contributed by atoms with E-state index >= 15 is 0 Å². The van der Waals surface area contributed by atoms with Gasteiger partial charge in [-0.2, -0.15) is 0 Å². The Bertz CT molecular complexity index is 579. The van der Waals surface area contributed by atoms with Crippen LogP contribution in [0, 0.1) is 0 Å². The topological polar surface area (TPSA) is 32.3 Å². The summed E-state index contributed by atoms with van der Waals surface area (Å²) in [5, 5.41) is 13.3. The summed E-state index contributed by atoms with van der Waals surface area (Å²) in [5.41, 5.74) is 4.09. The predicted octanol–water partition coefficient (Wildman–Crippen LogP) is 3.99. The highest BCUT2D eigenvalue weighted by atomic mass is 16.3. The molecule has 0 saturated carbocycles. The van der Waals surface area contributed by atoms with Gasteiger partial charge in [0.1, 0.15) is 5.75 Å². The van der Waals surface area contributed by atoms with Crippen molar-refractivity contribution >= 4 is 0 Å². The summed E-state index contributed by atoms with van der Waals surface area (Å²) in [6.45, 7) is 1.04. The van der Waals surface area contributed by atoms with Crippen molar-refractivity contribution in [3.05, 3.63) is 65.2 Å². The van der Waals surface area contributed by atoms with Crippen molar-refractivity contribution in [2.75, 3.05) is 6.54 Å². The van der Waals surface area contributed by atoms with Crippen LogP contribution in [0.25, 0.3) is 0 Å². The number of aryl methyl sites for hydroxylation is 2. The maximum atomic E-state index is 9.59. The van der Waals surface area contributed by atoms with Gasteiger partial charge in [-0.25, -0.2) is 0 Å². The minimum atomic E-state index is 0.387. The SMILES string of the molecule is Oc1ccc2c(c1)CCCC2NCCCc1ccccc1. The molecule has 1 atom stereocenters. The third-order valence-corrected chi connectivity index (χ3v) is 4.32. The van der Waals surface area contributed by atoms with E-state index in [2.05, 4.69) is 41.7 Å². The molecular weight excluding hydrogens is 258 g/mol. The number of fused-ring (bicyclic) bond motifs is 1. The van der Waals surface area contributed by atoms with Gasteiger partial charge in [-0.05, 0) is 67.5 Å². The summed E-state index contributed by atoms with van der Waals surface area (Å²) in [6, 6.07) is 16.9. The Morgan fingerprint density at radius 2 is 1.95 bits per heavy atom. The lowest BCUT2D eigenvalue weighted by molar-refractivity contribution is 0.447. The van der Waals surface area contributed by atoms with Crippen LogP contribution in [0.15, 0.2) is 48.5 Å². The molecule has 1 aliphatic rings. The molecule has 0 aliphatic heterocycles. The van der Waals surface area contributed by atoms with Crippen molar-refractivity contribution in [3.63, 3.8) is 0 Å². The second-order valence-corrected chi connectivity index (χ2v) is 5.87. The molecule has 2 nitrogen and oxygen atoms in total. The van der Waals surface area contributed by atoms with E-state index in [1.54, 1.807) is 0 Å². The van der Waals surface area contributed by atoms with Crippen molar-refractivity contribution in [2.45, 2.75) is 38.1 Å². The van der Waals surface area contributed by atoms with Crippen molar-refractivity contribution in [3.8, 4) is 5.75 Å². The highest BCUT2D eigenvalue weighted by Gasteiger charge is 2.19. The third kappa shape index (κ3) is 3.64. The first-order valence-electron chi connectivity index (χ1n) is 7.92. The van der Waals surface area contributed by atoms with Gasteiger partial charge < -0.3 is 10.4 Å².